The zero-order chi connectivity index (χ0) is 50.2. The van der Waals surface area contributed by atoms with Gasteiger partial charge in [0.1, 0.15) is 69.5 Å². The van der Waals surface area contributed by atoms with Crippen LogP contribution in [0.2, 0.25) is 0 Å². The van der Waals surface area contributed by atoms with Crippen molar-refractivity contribution in [2.45, 2.75) is 95.4 Å². The van der Waals surface area contributed by atoms with Crippen LogP contribution in [0.15, 0.2) is 54.6 Å². The van der Waals surface area contributed by atoms with E-state index in [4.69, 9.17) is 72.0 Å². The van der Waals surface area contributed by atoms with Crippen molar-refractivity contribution in [1.29, 1.82) is 0 Å². The number of ether oxygens (including phenoxy) is 9. The summed E-state index contributed by atoms with van der Waals surface area (Å²) >= 11 is 0. The van der Waals surface area contributed by atoms with Gasteiger partial charge in [0.25, 0.3) is 0 Å². The summed E-state index contributed by atoms with van der Waals surface area (Å²) < 4.78 is 47.8. The maximum Gasteiger partial charge on any atom is 0.550 e. The standard InChI is InChI=1S/C49H58O21/c1-56-34-19-22-37(40(25-34)59-4)44(50)65-68-47(53)62-31-13-7-28(8-14-31)43(29-9-15-32(16-10-29)63-48(54)69-66-45(51)38-23-20-35(57-2)26-41(38)60-5)30-11-17-33(18-12-30)64-49(55)70-67-46(52)39-24-21-36(58-3)27-42(39)61-6/h19-33,43H,7-18H2,1-6H3. The molecular weight excluding hydrogens is 925 g/mol. The first-order chi connectivity index (χ1) is 33.9. The fourth-order valence-electron chi connectivity index (χ4n) is 9.65. The first kappa shape index (κ1) is 52.1. The first-order valence-corrected chi connectivity index (χ1v) is 22.8. The second-order valence-electron chi connectivity index (χ2n) is 16.9. The molecule has 21 nitrogen and oxygen atoms in total. The van der Waals surface area contributed by atoms with Crippen LogP contribution < -0.4 is 28.4 Å². The van der Waals surface area contributed by atoms with Crippen LogP contribution in [-0.2, 0) is 43.5 Å². The molecule has 70 heavy (non-hydrogen) atoms. The zero-order valence-corrected chi connectivity index (χ0v) is 39.8. The van der Waals surface area contributed by atoms with Gasteiger partial charge in [-0.3, -0.25) is 0 Å². The highest BCUT2D eigenvalue weighted by atomic mass is 17.2. The molecule has 6 rings (SSSR count). The fraction of sp³-hybridized carbons (Fsp3) is 0.510. The summed E-state index contributed by atoms with van der Waals surface area (Å²) in [5.74, 6) is -0.0959. The Kier molecular flexibility index (Phi) is 18.8. The minimum atomic E-state index is -1.15. The summed E-state index contributed by atoms with van der Waals surface area (Å²) in [6.07, 6.45) is 2.67. The van der Waals surface area contributed by atoms with Crippen molar-refractivity contribution >= 4 is 36.4 Å². The molecule has 21 heteroatoms. The van der Waals surface area contributed by atoms with Gasteiger partial charge in [-0.1, -0.05) is 0 Å². The average Bonchev–Trinajstić information content (AvgIpc) is 3.39. The maximum atomic E-state index is 12.7. The third-order valence-corrected chi connectivity index (χ3v) is 13.0. The highest BCUT2D eigenvalue weighted by Gasteiger charge is 2.42. The minimum absolute atomic E-state index is 0.0176. The van der Waals surface area contributed by atoms with Crippen LogP contribution in [0.25, 0.3) is 0 Å². The third-order valence-electron chi connectivity index (χ3n) is 13.0. The van der Waals surface area contributed by atoms with E-state index in [0.717, 1.165) is 38.5 Å². The molecule has 0 spiro atoms. The summed E-state index contributed by atoms with van der Waals surface area (Å²) in [5.41, 5.74) is 0.0528. The van der Waals surface area contributed by atoms with Crippen molar-refractivity contribution < 1.29 is 101 Å². The SMILES string of the molecule is COc1ccc(C(=O)OOC(=O)OC2CCC(C(C3CCC(OC(=O)OOC(=O)c4ccc(OC)cc4OC)CC3)C3CCC(OC(=O)OOC(=O)c4ccc(OC)cc4OC)CC3)CC2)c(OC)c1. The summed E-state index contributed by atoms with van der Waals surface area (Å²) in [5, 5.41) is 0. The highest BCUT2D eigenvalue weighted by molar-refractivity contribution is 5.94. The van der Waals surface area contributed by atoms with Crippen LogP contribution in [0.4, 0.5) is 14.4 Å². The van der Waals surface area contributed by atoms with Gasteiger partial charge < -0.3 is 42.6 Å². The molecule has 0 heterocycles. The predicted octanol–water partition coefficient (Wildman–Crippen LogP) is 9.11. The van der Waals surface area contributed by atoms with E-state index in [2.05, 4.69) is 0 Å². The topological polar surface area (TPSA) is 241 Å². The van der Waals surface area contributed by atoms with Gasteiger partial charge in [-0.05, 0) is 137 Å². The molecule has 0 bridgehead atoms. The Bertz CT molecular complexity index is 2020. The molecule has 3 saturated carbocycles. The third kappa shape index (κ3) is 13.9. The Morgan fingerprint density at radius 1 is 0.357 bits per heavy atom. The van der Waals surface area contributed by atoms with E-state index in [9.17, 15) is 28.8 Å². The Labute approximate surface area is 403 Å². The Balaban J connectivity index is 1.01. The van der Waals surface area contributed by atoms with Crippen molar-refractivity contribution in [3.8, 4) is 34.5 Å². The van der Waals surface area contributed by atoms with Crippen LogP contribution in [0, 0.1) is 23.7 Å². The Morgan fingerprint density at radius 3 is 0.843 bits per heavy atom. The second kappa shape index (κ2) is 25.3. The molecule has 3 aliphatic carbocycles. The predicted molar refractivity (Wildman–Crippen MR) is 238 cm³/mol. The van der Waals surface area contributed by atoms with E-state index < -0.39 is 54.7 Å². The number of benzene rings is 3. The number of carbonyl (C=O) groups excluding carboxylic acids is 6. The minimum Gasteiger partial charge on any atom is -0.497 e. The van der Waals surface area contributed by atoms with Gasteiger partial charge in [0.05, 0.1) is 42.7 Å². The number of carbonyl (C=O) groups is 6. The number of hydrogen-bond acceptors (Lipinski definition) is 21. The summed E-state index contributed by atoms with van der Waals surface area (Å²) in [7, 11) is 8.52. The molecule has 0 N–H and O–H groups in total. The van der Waals surface area contributed by atoms with E-state index in [1.54, 1.807) is 0 Å². The summed E-state index contributed by atoms with van der Waals surface area (Å²) in [6, 6.07) is 13.3. The van der Waals surface area contributed by atoms with E-state index in [0.29, 0.717) is 55.8 Å². The van der Waals surface area contributed by atoms with Crippen molar-refractivity contribution in [3.05, 3.63) is 71.3 Å². The molecule has 0 amide bonds. The van der Waals surface area contributed by atoms with Crippen LogP contribution in [-0.4, -0.2) is 97.3 Å². The lowest BCUT2D eigenvalue weighted by Gasteiger charge is -2.45. The normalized spacial score (nSPS) is 21.2. The molecule has 380 valence electrons. The molecule has 0 atom stereocenters. The van der Waals surface area contributed by atoms with Crippen molar-refractivity contribution in [2.75, 3.05) is 42.7 Å². The fourth-order valence-corrected chi connectivity index (χ4v) is 9.65. The molecule has 0 unspecified atom stereocenters. The van der Waals surface area contributed by atoms with Crippen LogP contribution >= 0.6 is 0 Å². The lowest BCUT2D eigenvalue weighted by atomic mass is 9.61. The lowest BCUT2D eigenvalue weighted by Crippen LogP contribution is -2.39. The molecule has 3 aliphatic rings. The van der Waals surface area contributed by atoms with Crippen LogP contribution in [0.1, 0.15) is 108 Å². The average molecular weight is 983 g/mol. The molecule has 3 fully saturated rings. The first-order valence-electron chi connectivity index (χ1n) is 22.8. The van der Waals surface area contributed by atoms with Gasteiger partial charge in [-0.15, -0.1) is 0 Å². The van der Waals surface area contributed by atoms with Gasteiger partial charge in [0, 0.05) is 18.2 Å². The summed E-state index contributed by atoms with van der Waals surface area (Å²) in [6.45, 7) is 0. The molecular formula is C49H58O21. The van der Waals surface area contributed by atoms with Crippen LogP contribution in [0.5, 0.6) is 34.5 Å². The summed E-state index contributed by atoms with van der Waals surface area (Å²) in [4.78, 5) is 105. The van der Waals surface area contributed by atoms with Crippen molar-refractivity contribution in [1.82, 2.24) is 0 Å². The Hall–Kier alpha value is -7.32. The van der Waals surface area contributed by atoms with Gasteiger partial charge in [-0.2, -0.15) is 14.4 Å². The van der Waals surface area contributed by atoms with Gasteiger partial charge >= 0.3 is 36.4 Å². The van der Waals surface area contributed by atoms with Crippen LogP contribution in [0.3, 0.4) is 0 Å². The van der Waals surface area contributed by atoms with E-state index >= 15 is 0 Å². The molecule has 3 aromatic rings. The number of rotatable bonds is 15. The largest absolute Gasteiger partial charge is 0.550 e. The highest BCUT2D eigenvalue weighted by Crippen LogP contribution is 2.48. The monoisotopic (exact) mass is 982 g/mol. The quantitative estimate of drug-likeness (QED) is 0.0596. The molecule has 0 aliphatic heterocycles. The number of hydrogen-bond donors (Lipinski definition) is 0. The second-order valence-corrected chi connectivity index (χ2v) is 16.9. The molecule has 0 radical (unpaired) electrons. The van der Waals surface area contributed by atoms with E-state index in [1.807, 2.05) is 0 Å². The van der Waals surface area contributed by atoms with E-state index in [1.165, 1.54) is 97.3 Å². The number of methoxy groups -OCH3 is 6. The molecule has 0 aromatic heterocycles. The zero-order valence-electron chi connectivity index (χ0n) is 39.8. The Morgan fingerprint density at radius 2 is 0.614 bits per heavy atom. The van der Waals surface area contributed by atoms with Crippen molar-refractivity contribution in [3.63, 3.8) is 0 Å². The van der Waals surface area contributed by atoms with Crippen molar-refractivity contribution in [2.24, 2.45) is 23.7 Å². The van der Waals surface area contributed by atoms with Gasteiger partial charge in [0.2, 0.25) is 0 Å². The van der Waals surface area contributed by atoms with Gasteiger partial charge in [-0.25, -0.2) is 43.7 Å². The van der Waals surface area contributed by atoms with E-state index in [-0.39, 0.29) is 57.6 Å². The molecule has 0 saturated heterocycles. The smallest absolute Gasteiger partial charge is 0.497 e. The lowest BCUT2D eigenvalue weighted by molar-refractivity contribution is -0.209. The maximum absolute atomic E-state index is 12.7. The molecule has 3 aromatic carbocycles. The van der Waals surface area contributed by atoms with Gasteiger partial charge in [0.15, 0.2) is 0 Å².